The summed E-state index contributed by atoms with van der Waals surface area (Å²) in [6, 6.07) is 6.61. The number of hydrogen-bond acceptors (Lipinski definition) is 2. The molecule has 0 spiro atoms. The lowest BCUT2D eigenvalue weighted by atomic mass is 9.75. The summed E-state index contributed by atoms with van der Waals surface area (Å²) in [7, 11) is 0. The van der Waals surface area contributed by atoms with E-state index in [4.69, 9.17) is 0 Å². The molecule has 0 radical (unpaired) electrons. The molecule has 1 aromatic carbocycles. The van der Waals surface area contributed by atoms with Crippen LogP contribution in [0, 0.1) is 11.2 Å². The third kappa shape index (κ3) is 3.37. The Balaban J connectivity index is 1.95. The first-order valence-corrected chi connectivity index (χ1v) is 7.26. The van der Waals surface area contributed by atoms with Gasteiger partial charge in [0, 0.05) is 6.54 Å². The number of hydrogen-bond donors (Lipinski definition) is 1. The molecule has 1 heterocycles. The maximum absolute atomic E-state index is 13.2. The molecule has 20 heavy (non-hydrogen) atoms. The van der Waals surface area contributed by atoms with Crippen LogP contribution < -0.4 is 0 Å². The van der Waals surface area contributed by atoms with Gasteiger partial charge in [0.05, 0.1) is 5.41 Å². The highest BCUT2D eigenvalue weighted by Gasteiger charge is 2.40. The Hall–Kier alpha value is -1.42. The maximum atomic E-state index is 13.2. The van der Waals surface area contributed by atoms with E-state index in [9.17, 15) is 14.3 Å². The standard InChI is InChI=1S/C16H22FNO2/c1-2-6-16(15(19)20)7-9-18(10-8-16)12-13-4-3-5-14(17)11-13/h3-5,11H,2,6-10,12H2,1H3,(H,19,20). The smallest absolute Gasteiger partial charge is 0.309 e. The molecule has 0 amide bonds. The van der Waals surface area contributed by atoms with Gasteiger partial charge in [-0.05, 0) is 50.0 Å². The molecule has 0 bridgehead atoms. The molecule has 2 rings (SSSR count). The van der Waals surface area contributed by atoms with Gasteiger partial charge in [-0.15, -0.1) is 0 Å². The SMILES string of the molecule is CCCC1(C(=O)O)CCN(Cc2cccc(F)c2)CC1. The van der Waals surface area contributed by atoms with Gasteiger partial charge in [-0.3, -0.25) is 9.69 Å². The van der Waals surface area contributed by atoms with Gasteiger partial charge in [0.25, 0.3) is 0 Å². The second-order valence-corrected chi connectivity index (χ2v) is 5.74. The second-order valence-electron chi connectivity index (χ2n) is 5.74. The van der Waals surface area contributed by atoms with E-state index in [1.807, 2.05) is 13.0 Å². The van der Waals surface area contributed by atoms with Gasteiger partial charge < -0.3 is 5.11 Å². The normalized spacial score (nSPS) is 18.9. The predicted molar refractivity (Wildman–Crippen MR) is 75.9 cm³/mol. The molecular formula is C16H22FNO2. The number of carbonyl (C=O) groups is 1. The average molecular weight is 279 g/mol. The Morgan fingerprint density at radius 1 is 1.40 bits per heavy atom. The number of aliphatic carboxylic acids is 1. The topological polar surface area (TPSA) is 40.5 Å². The first-order valence-electron chi connectivity index (χ1n) is 7.26. The third-order valence-corrected chi connectivity index (χ3v) is 4.29. The van der Waals surface area contributed by atoms with Crippen molar-refractivity contribution < 1.29 is 14.3 Å². The van der Waals surface area contributed by atoms with Crippen LogP contribution in [0.15, 0.2) is 24.3 Å². The lowest BCUT2D eigenvalue weighted by Gasteiger charge is -2.38. The molecule has 0 aromatic heterocycles. The summed E-state index contributed by atoms with van der Waals surface area (Å²) in [5.41, 5.74) is 0.399. The molecule has 0 unspecified atom stereocenters. The lowest BCUT2D eigenvalue weighted by Crippen LogP contribution is -2.44. The molecule has 1 saturated heterocycles. The molecule has 0 aliphatic carbocycles. The van der Waals surface area contributed by atoms with Gasteiger partial charge in [-0.25, -0.2) is 4.39 Å². The monoisotopic (exact) mass is 279 g/mol. The summed E-state index contributed by atoms with van der Waals surface area (Å²) in [5, 5.41) is 9.46. The molecule has 3 nitrogen and oxygen atoms in total. The average Bonchev–Trinajstić information content (AvgIpc) is 2.41. The van der Waals surface area contributed by atoms with Crippen LogP contribution in [0.2, 0.25) is 0 Å². The van der Waals surface area contributed by atoms with Crippen LogP contribution in [0.3, 0.4) is 0 Å². The van der Waals surface area contributed by atoms with Gasteiger partial charge in [0.1, 0.15) is 5.82 Å². The second kappa shape index (κ2) is 6.35. The van der Waals surface area contributed by atoms with Crippen molar-refractivity contribution in [2.45, 2.75) is 39.2 Å². The highest BCUT2D eigenvalue weighted by Crippen LogP contribution is 2.36. The van der Waals surface area contributed by atoms with E-state index >= 15 is 0 Å². The zero-order valence-corrected chi connectivity index (χ0v) is 11.9. The minimum atomic E-state index is -0.662. The number of benzene rings is 1. The van der Waals surface area contributed by atoms with E-state index in [1.165, 1.54) is 6.07 Å². The number of rotatable bonds is 5. The van der Waals surface area contributed by atoms with Crippen molar-refractivity contribution in [1.29, 1.82) is 0 Å². The van der Waals surface area contributed by atoms with Gasteiger partial charge in [0.15, 0.2) is 0 Å². The van der Waals surface area contributed by atoms with E-state index < -0.39 is 11.4 Å². The highest BCUT2D eigenvalue weighted by molar-refractivity contribution is 5.74. The molecular weight excluding hydrogens is 257 g/mol. The van der Waals surface area contributed by atoms with Crippen LogP contribution in [-0.2, 0) is 11.3 Å². The largest absolute Gasteiger partial charge is 0.481 e. The van der Waals surface area contributed by atoms with Gasteiger partial charge in [0.2, 0.25) is 0 Å². The molecule has 1 aliphatic heterocycles. The van der Waals surface area contributed by atoms with E-state index in [0.717, 1.165) is 31.5 Å². The van der Waals surface area contributed by atoms with E-state index in [1.54, 1.807) is 12.1 Å². The minimum absolute atomic E-state index is 0.217. The van der Waals surface area contributed by atoms with E-state index in [0.29, 0.717) is 19.4 Å². The molecule has 1 N–H and O–H groups in total. The van der Waals surface area contributed by atoms with Crippen molar-refractivity contribution in [2.75, 3.05) is 13.1 Å². The van der Waals surface area contributed by atoms with Gasteiger partial charge >= 0.3 is 5.97 Å². The van der Waals surface area contributed by atoms with Crippen LogP contribution in [0.4, 0.5) is 4.39 Å². The molecule has 110 valence electrons. The fraction of sp³-hybridized carbons (Fsp3) is 0.562. The fourth-order valence-corrected chi connectivity index (χ4v) is 3.08. The molecule has 0 saturated carbocycles. The molecule has 1 aromatic rings. The Morgan fingerprint density at radius 2 is 2.10 bits per heavy atom. The summed E-state index contributed by atoms with van der Waals surface area (Å²) >= 11 is 0. The van der Waals surface area contributed by atoms with Crippen LogP contribution in [0.25, 0.3) is 0 Å². The van der Waals surface area contributed by atoms with Crippen LogP contribution in [-0.4, -0.2) is 29.1 Å². The Morgan fingerprint density at radius 3 is 2.65 bits per heavy atom. The summed E-state index contributed by atoms with van der Waals surface area (Å²) in [6.07, 6.45) is 3.02. The zero-order chi connectivity index (χ0) is 14.6. The number of likely N-dealkylation sites (tertiary alicyclic amines) is 1. The van der Waals surface area contributed by atoms with Gasteiger partial charge in [-0.2, -0.15) is 0 Å². The Bertz CT molecular complexity index is 467. The molecule has 4 heteroatoms. The summed E-state index contributed by atoms with van der Waals surface area (Å²) in [6.45, 7) is 4.26. The number of carboxylic acid groups (broad SMARTS) is 1. The summed E-state index contributed by atoms with van der Waals surface area (Å²) in [5.74, 6) is -0.880. The predicted octanol–water partition coefficient (Wildman–Crippen LogP) is 3.29. The van der Waals surface area contributed by atoms with Crippen LogP contribution in [0.5, 0.6) is 0 Å². The highest BCUT2D eigenvalue weighted by atomic mass is 19.1. The quantitative estimate of drug-likeness (QED) is 0.899. The van der Waals surface area contributed by atoms with Crippen LogP contribution >= 0.6 is 0 Å². The van der Waals surface area contributed by atoms with Crippen LogP contribution in [0.1, 0.15) is 38.2 Å². The third-order valence-electron chi connectivity index (χ3n) is 4.29. The van der Waals surface area contributed by atoms with Crippen molar-refractivity contribution in [1.82, 2.24) is 4.90 Å². The summed E-state index contributed by atoms with van der Waals surface area (Å²) in [4.78, 5) is 13.7. The Kier molecular flexibility index (Phi) is 4.76. The zero-order valence-electron chi connectivity index (χ0n) is 11.9. The lowest BCUT2D eigenvalue weighted by molar-refractivity contribution is -0.152. The maximum Gasteiger partial charge on any atom is 0.309 e. The first-order chi connectivity index (χ1) is 9.55. The molecule has 1 fully saturated rings. The van der Waals surface area contributed by atoms with Crippen molar-refractivity contribution >= 4 is 5.97 Å². The van der Waals surface area contributed by atoms with Crippen molar-refractivity contribution in [2.24, 2.45) is 5.41 Å². The van der Waals surface area contributed by atoms with Crippen molar-refractivity contribution in [3.63, 3.8) is 0 Å². The van der Waals surface area contributed by atoms with E-state index in [2.05, 4.69) is 4.90 Å². The number of carboxylic acids is 1. The number of halogens is 1. The van der Waals surface area contributed by atoms with Crippen molar-refractivity contribution in [3.8, 4) is 0 Å². The van der Waals surface area contributed by atoms with E-state index in [-0.39, 0.29) is 5.82 Å². The molecule has 0 atom stereocenters. The first kappa shape index (κ1) is 15.0. The molecule has 1 aliphatic rings. The summed E-state index contributed by atoms with van der Waals surface area (Å²) < 4.78 is 13.2. The van der Waals surface area contributed by atoms with Gasteiger partial charge in [-0.1, -0.05) is 25.5 Å². The fourth-order valence-electron chi connectivity index (χ4n) is 3.08. The number of nitrogens with zero attached hydrogens (tertiary/aromatic N) is 1. The minimum Gasteiger partial charge on any atom is -0.481 e. The number of piperidine rings is 1. The van der Waals surface area contributed by atoms with Crippen molar-refractivity contribution in [3.05, 3.63) is 35.6 Å². The Labute approximate surface area is 119 Å².